The van der Waals surface area contributed by atoms with Gasteiger partial charge in [-0.2, -0.15) is 4.98 Å². The molecule has 1 fully saturated rings. The molecular weight excluding hydrogens is 361 g/mol. The highest BCUT2D eigenvalue weighted by molar-refractivity contribution is 6.32. The van der Waals surface area contributed by atoms with Crippen molar-refractivity contribution < 1.29 is 14.9 Å². The van der Waals surface area contributed by atoms with Gasteiger partial charge >= 0.3 is 0 Å². The van der Waals surface area contributed by atoms with Gasteiger partial charge in [-0.15, -0.1) is 0 Å². The van der Waals surface area contributed by atoms with Crippen LogP contribution in [0.1, 0.15) is 13.2 Å². The molecule has 5 N–H and O–H groups in total. The van der Waals surface area contributed by atoms with Gasteiger partial charge in [-0.3, -0.25) is 14.3 Å². The van der Waals surface area contributed by atoms with Crippen molar-refractivity contribution in [3.63, 3.8) is 0 Å². The lowest BCUT2D eigenvalue weighted by atomic mass is 9.97. The summed E-state index contributed by atoms with van der Waals surface area (Å²) in [5.41, 5.74) is 5.14. The number of aromatic nitrogens is 4. The second-order valence-electron chi connectivity index (χ2n) is 5.40. The van der Waals surface area contributed by atoms with Crippen LogP contribution in [0.3, 0.4) is 0 Å². The Labute approximate surface area is 145 Å². The van der Waals surface area contributed by atoms with Gasteiger partial charge in [0.15, 0.2) is 22.3 Å². The average molecular weight is 374 g/mol. The number of anilines is 1. The van der Waals surface area contributed by atoms with E-state index in [1.54, 1.807) is 0 Å². The molecule has 2 aromatic heterocycles. The molecule has 0 bridgehead atoms. The van der Waals surface area contributed by atoms with Crippen molar-refractivity contribution in [2.45, 2.75) is 36.3 Å². The van der Waals surface area contributed by atoms with Crippen molar-refractivity contribution in [1.29, 1.82) is 0 Å². The van der Waals surface area contributed by atoms with E-state index in [4.69, 9.17) is 33.7 Å². The van der Waals surface area contributed by atoms with Crippen LogP contribution in [0.4, 0.5) is 5.95 Å². The topological polar surface area (TPSA) is 139 Å². The van der Waals surface area contributed by atoms with Crippen molar-refractivity contribution in [2.24, 2.45) is 0 Å². The predicted octanol–water partition coefficient (Wildman–Crippen LogP) is -0.482. The lowest BCUT2D eigenvalue weighted by Crippen LogP contribution is -2.43. The van der Waals surface area contributed by atoms with E-state index in [9.17, 15) is 15.0 Å². The van der Waals surface area contributed by atoms with Crippen LogP contribution in [0, 0.1) is 11.3 Å². The van der Waals surface area contributed by atoms with E-state index >= 15 is 0 Å². The first-order valence-corrected chi connectivity index (χ1v) is 7.60. The van der Waals surface area contributed by atoms with Gasteiger partial charge in [-0.25, -0.2) is 4.98 Å². The van der Waals surface area contributed by atoms with Gasteiger partial charge in [0, 0.05) is 5.38 Å². The van der Waals surface area contributed by atoms with Crippen molar-refractivity contribution >= 4 is 40.3 Å². The van der Waals surface area contributed by atoms with E-state index in [1.165, 1.54) is 17.8 Å². The molecule has 0 aromatic carbocycles. The zero-order valence-corrected chi connectivity index (χ0v) is 13.8. The third-order valence-electron chi connectivity index (χ3n) is 3.80. The number of nitrogens with zero attached hydrogens (tertiary/aromatic N) is 3. The summed E-state index contributed by atoms with van der Waals surface area (Å²) >= 11 is 11.9. The van der Waals surface area contributed by atoms with Crippen LogP contribution >= 0.6 is 23.2 Å². The van der Waals surface area contributed by atoms with Gasteiger partial charge < -0.3 is 20.7 Å². The Morgan fingerprint density at radius 2 is 2.33 bits per heavy atom. The highest BCUT2D eigenvalue weighted by atomic mass is 35.5. The van der Waals surface area contributed by atoms with Crippen LogP contribution in [0.15, 0.2) is 11.1 Å². The lowest BCUT2D eigenvalue weighted by Gasteiger charge is -2.25. The molecule has 3 rings (SSSR count). The molecule has 0 saturated carbocycles. The second kappa shape index (κ2) is 5.91. The molecule has 0 amide bonds. The van der Waals surface area contributed by atoms with E-state index in [1.807, 2.05) is 0 Å². The summed E-state index contributed by atoms with van der Waals surface area (Å²) in [6.07, 6.45) is -3.26. The molecule has 0 spiro atoms. The predicted molar refractivity (Wildman–Crippen MR) is 86.4 cm³/mol. The average Bonchev–Trinajstić information content (AvgIpc) is 3.00. The normalized spacial score (nSPS) is 31.0. The number of nitrogens with one attached hydrogen (secondary N) is 1. The number of hydrogen-bond donors (Lipinski definition) is 4. The number of halogens is 2. The van der Waals surface area contributed by atoms with Crippen LogP contribution in [-0.2, 0) is 4.74 Å². The van der Waals surface area contributed by atoms with E-state index in [-0.39, 0.29) is 17.1 Å². The Kier molecular flexibility index (Phi) is 4.19. The SMILES string of the molecule is C[C@@H](O)[C@H]1O[C@@H](n2cnc3c(=O)[nH]c(N)nc32)C(Cl)(C#CCl)[C@H]1O. The standard InChI is InChI=1S/C13H13Cl2N5O4/c1-5(21)7-8(22)13(15,2-3-14)11(24-7)20-4-17-6-9(20)18-12(16)19-10(6)23/h4-5,7-8,11,21-22H,1H3,(H3,16,18,19,23)/t5-,7-,8+,11-,13?/m1/s1. The summed E-state index contributed by atoms with van der Waals surface area (Å²) in [6, 6.07) is 0. The van der Waals surface area contributed by atoms with Crippen LogP contribution in [-0.4, -0.2) is 52.9 Å². The minimum absolute atomic E-state index is 0.0145. The van der Waals surface area contributed by atoms with Crippen molar-refractivity contribution in [3.8, 4) is 11.3 Å². The Balaban J connectivity index is 2.20. The molecule has 9 nitrogen and oxygen atoms in total. The van der Waals surface area contributed by atoms with Crippen LogP contribution in [0.25, 0.3) is 11.2 Å². The van der Waals surface area contributed by atoms with Crippen molar-refractivity contribution in [2.75, 3.05) is 5.73 Å². The number of imidazole rings is 1. The molecule has 2 aromatic rings. The van der Waals surface area contributed by atoms with Crippen LogP contribution in [0.2, 0.25) is 0 Å². The van der Waals surface area contributed by atoms with Gasteiger partial charge in [-0.05, 0) is 18.5 Å². The molecule has 1 saturated heterocycles. The highest BCUT2D eigenvalue weighted by Gasteiger charge is 2.57. The summed E-state index contributed by atoms with van der Waals surface area (Å²) < 4.78 is 6.99. The van der Waals surface area contributed by atoms with E-state index in [0.29, 0.717) is 0 Å². The number of rotatable bonds is 2. The quantitative estimate of drug-likeness (QED) is 0.411. The molecule has 11 heteroatoms. The van der Waals surface area contributed by atoms with E-state index < -0.39 is 35.0 Å². The Hall–Kier alpha value is -1.83. The minimum atomic E-state index is -1.68. The highest BCUT2D eigenvalue weighted by Crippen LogP contribution is 2.44. The molecule has 24 heavy (non-hydrogen) atoms. The van der Waals surface area contributed by atoms with Gasteiger partial charge in [-0.1, -0.05) is 17.5 Å². The first-order chi connectivity index (χ1) is 11.3. The third kappa shape index (κ3) is 2.44. The number of fused-ring (bicyclic) bond motifs is 1. The Morgan fingerprint density at radius 3 is 2.96 bits per heavy atom. The fourth-order valence-corrected chi connectivity index (χ4v) is 3.21. The van der Waals surface area contributed by atoms with Gasteiger partial charge in [0.2, 0.25) is 5.95 Å². The number of aromatic amines is 1. The lowest BCUT2D eigenvalue weighted by molar-refractivity contribution is -0.0752. The van der Waals surface area contributed by atoms with E-state index in [2.05, 4.69) is 26.3 Å². The molecule has 1 aliphatic rings. The Morgan fingerprint density at radius 1 is 1.62 bits per heavy atom. The summed E-state index contributed by atoms with van der Waals surface area (Å²) in [5, 5.41) is 22.4. The first kappa shape index (κ1) is 17.0. The fourth-order valence-electron chi connectivity index (χ4n) is 2.68. The molecule has 0 aliphatic carbocycles. The molecule has 1 unspecified atom stereocenters. The molecule has 1 aliphatic heterocycles. The van der Waals surface area contributed by atoms with Crippen LogP contribution < -0.4 is 11.3 Å². The maximum atomic E-state index is 11.9. The van der Waals surface area contributed by atoms with Crippen molar-refractivity contribution in [3.05, 3.63) is 16.7 Å². The van der Waals surface area contributed by atoms with Gasteiger partial charge in [0.1, 0.15) is 12.2 Å². The molecular formula is C13H13Cl2N5O4. The summed E-state index contributed by atoms with van der Waals surface area (Å²) in [7, 11) is 0. The zero-order valence-electron chi connectivity index (χ0n) is 12.3. The number of alkyl halides is 1. The number of H-pyrrole nitrogens is 1. The summed E-state index contributed by atoms with van der Waals surface area (Å²) in [5.74, 6) is 2.37. The zero-order chi connectivity index (χ0) is 17.6. The number of aliphatic hydroxyl groups excluding tert-OH is 2. The summed E-state index contributed by atoms with van der Waals surface area (Å²) in [4.78, 5) is 20.5. The molecule has 128 valence electrons. The van der Waals surface area contributed by atoms with Crippen molar-refractivity contribution in [1.82, 2.24) is 19.5 Å². The third-order valence-corrected chi connectivity index (χ3v) is 4.40. The first-order valence-electron chi connectivity index (χ1n) is 6.85. The summed E-state index contributed by atoms with van der Waals surface area (Å²) in [6.45, 7) is 1.44. The smallest absolute Gasteiger partial charge is 0.280 e. The number of aliphatic hydroxyl groups is 2. The maximum absolute atomic E-state index is 11.9. The minimum Gasteiger partial charge on any atom is -0.391 e. The monoisotopic (exact) mass is 373 g/mol. The maximum Gasteiger partial charge on any atom is 0.280 e. The fraction of sp³-hybridized carbons (Fsp3) is 0.462. The van der Waals surface area contributed by atoms with E-state index in [0.717, 1.165) is 0 Å². The van der Waals surface area contributed by atoms with Gasteiger partial charge in [0.05, 0.1) is 12.4 Å². The number of nitrogen functional groups attached to an aromatic ring is 1. The molecule has 5 atom stereocenters. The number of hydrogen-bond acceptors (Lipinski definition) is 7. The van der Waals surface area contributed by atoms with Crippen LogP contribution in [0.5, 0.6) is 0 Å². The molecule has 0 radical (unpaired) electrons. The Bertz CT molecular complexity index is 901. The number of ether oxygens (including phenoxy) is 1. The number of nitrogens with two attached hydrogens (primary N) is 1. The molecule has 3 heterocycles. The largest absolute Gasteiger partial charge is 0.391 e. The second-order valence-corrected chi connectivity index (χ2v) is 6.22. The van der Waals surface area contributed by atoms with Gasteiger partial charge in [0.25, 0.3) is 5.56 Å².